The van der Waals surface area contributed by atoms with E-state index in [4.69, 9.17) is 5.26 Å². The summed E-state index contributed by atoms with van der Waals surface area (Å²) < 4.78 is 27.2. The molecule has 1 aliphatic rings. The molecule has 100 valence electrons. The first-order valence-electron chi connectivity index (χ1n) is 5.82. The second-order valence-electron chi connectivity index (χ2n) is 4.32. The summed E-state index contributed by atoms with van der Waals surface area (Å²) in [5, 5.41) is 19.5. The maximum absolute atomic E-state index is 13.9. The second-order valence-corrected chi connectivity index (χ2v) is 4.32. The predicted octanol–water partition coefficient (Wildman–Crippen LogP) is 2.76. The Labute approximate surface area is 108 Å². The first-order valence-corrected chi connectivity index (χ1v) is 5.82. The van der Waals surface area contributed by atoms with Crippen molar-refractivity contribution in [3.63, 3.8) is 0 Å². The summed E-state index contributed by atoms with van der Waals surface area (Å²) in [6, 6.07) is 3.55. The number of anilines is 1. The monoisotopic (exact) mass is 267 g/mol. The summed E-state index contributed by atoms with van der Waals surface area (Å²) in [4.78, 5) is 11.6. The molecule has 0 heterocycles. The molecule has 0 atom stereocenters. The molecule has 1 aromatic rings. The molecule has 0 amide bonds. The van der Waals surface area contributed by atoms with Crippen LogP contribution in [-0.4, -0.2) is 17.5 Å². The smallest absolute Gasteiger partial charge is 0.295 e. The highest BCUT2D eigenvalue weighted by Crippen LogP contribution is 2.39. The van der Waals surface area contributed by atoms with Crippen LogP contribution in [0.25, 0.3) is 0 Å². The molecule has 0 aromatic heterocycles. The Kier molecular flexibility index (Phi) is 3.60. The quantitative estimate of drug-likeness (QED) is 0.607. The fourth-order valence-electron chi connectivity index (χ4n) is 1.98. The van der Waals surface area contributed by atoms with Gasteiger partial charge in [0.1, 0.15) is 0 Å². The van der Waals surface area contributed by atoms with E-state index >= 15 is 0 Å². The highest BCUT2D eigenvalue weighted by molar-refractivity contribution is 5.65. The van der Waals surface area contributed by atoms with Gasteiger partial charge in [-0.3, -0.25) is 10.1 Å². The molecule has 1 fully saturated rings. The maximum atomic E-state index is 13.9. The highest BCUT2D eigenvalue weighted by Gasteiger charge is 2.35. The Balaban J connectivity index is 2.47. The minimum absolute atomic E-state index is 0.0525. The van der Waals surface area contributed by atoms with E-state index in [0.717, 1.165) is 25.0 Å². The highest BCUT2D eigenvalue weighted by atomic mass is 19.2. The van der Waals surface area contributed by atoms with E-state index < -0.39 is 22.2 Å². The van der Waals surface area contributed by atoms with E-state index in [2.05, 4.69) is 0 Å². The normalized spacial score (nSPS) is 13.9. The van der Waals surface area contributed by atoms with E-state index in [9.17, 15) is 18.9 Å². The molecule has 1 aromatic carbocycles. The van der Waals surface area contributed by atoms with Crippen molar-refractivity contribution in [2.24, 2.45) is 0 Å². The molecule has 2 rings (SSSR count). The number of nitro groups is 1. The second kappa shape index (κ2) is 5.18. The van der Waals surface area contributed by atoms with Crippen LogP contribution in [0.1, 0.15) is 19.3 Å². The summed E-state index contributed by atoms with van der Waals surface area (Å²) in [5.41, 5.74) is -0.813. The van der Waals surface area contributed by atoms with Gasteiger partial charge in [-0.2, -0.15) is 5.26 Å². The van der Waals surface area contributed by atoms with Gasteiger partial charge in [-0.25, -0.2) is 8.78 Å². The van der Waals surface area contributed by atoms with E-state index in [1.54, 1.807) is 0 Å². The lowest BCUT2D eigenvalue weighted by atomic mass is 10.2. The van der Waals surface area contributed by atoms with Crippen LogP contribution in [0.5, 0.6) is 0 Å². The van der Waals surface area contributed by atoms with Gasteiger partial charge in [-0.15, -0.1) is 0 Å². The van der Waals surface area contributed by atoms with E-state index in [1.807, 2.05) is 6.07 Å². The number of hydrogen-bond acceptors (Lipinski definition) is 4. The lowest BCUT2D eigenvalue weighted by molar-refractivity contribution is -0.384. The van der Waals surface area contributed by atoms with Gasteiger partial charge in [0.15, 0.2) is 17.3 Å². The molecule has 0 unspecified atom stereocenters. The number of nitro benzene ring substituents is 1. The van der Waals surface area contributed by atoms with Crippen molar-refractivity contribution in [1.82, 2.24) is 0 Å². The van der Waals surface area contributed by atoms with E-state index in [0.29, 0.717) is 0 Å². The largest absolute Gasteiger partial charge is 0.359 e. The molecular weight excluding hydrogens is 256 g/mol. The summed E-state index contributed by atoms with van der Waals surface area (Å²) in [7, 11) is 0. The predicted molar refractivity (Wildman–Crippen MR) is 63.6 cm³/mol. The van der Waals surface area contributed by atoms with Crippen molar-refractivity contribution in [1.29, 1.82) is 5.26 Å². The van der Waals surface area contributed by atoms with Crippen LogP contribution in [-0.2, 0) is 0 Å². The summed E-state index contributed by atoms with van der Waals surface area (Å²) in [5.74, 6) is -2.35. The molecule has 0 saturated heterocycles. The first kappa shape index (κ1) is 13.2. The van der Waals surface area contributed by atoms with E-state index in [-0.39, 0.29) is 24.7 Å². The zero-order chi connectivity index (χ0) is 14.0. The number of benzene rings is 1. The van der Waals surface area contributed by atoms with Crippen LogP contribution in [0.4, 0.5) is 20.2 Å². The molecule has 1 saturated carbocycles. The number of hydrogen-bond donors (Lipinski definition) is 0. The standard InChI is InChI=1S/C12H11F2N3O2/c13-9-4-5-10(17(18)19)12(11(9)14)16(7-1-6-15)8-2-3-8/h4-5,8H,1-3,7H2. The number of nitriles is 1. The Bertz CT molecular complexity index is 553. The SMILES string of the molecule is N#CCCN(c1c([N+](=O)[O-])ccc(F)c1F)C1CC1. The van der Waals surface area contributed by atoms with E-state index in [1.165, 1.54) is 4.90 Å². The zero-order valence-electron chi connectivity index (χ0n) is 9.97. The van der Waals surface area contributed by atoms with Crippen molar-refractivity contribution < 1.29 is 13.7 Å². The Morgan fingerprint density at radius 3 is 2.68 bits per heavy atom. The van der Waals surface area contributed by atoms with Gasteiger partial charge < -0.3 is 4.90 Å². The molecule has 0 spiro atoms. The molecular formula is C12H11F2N3O2. The van der Waals surface area contributed by atoms with Gasteiger partial charge >= 0.3 is 0 Å². The molecule has 0 bridgehead atoms. The van der Waals surface area contributed by atoms with Crippen LogP contribution >= 0.6 is 0 Å². The van der Waals surface area contributed by atoms with Crippen molar-refractivity contribution >= 4 is 11.4 Å². The third-order valence-electron chi connectivity index (χ3n) is 2.98. The molecule has 7 heteroatoms. The van der Waals surface area contributed by atoms with Crippen molar-refractivity contribution in [3.8, 4) is 6.07 Å². The van der Waals surface area contributed by atoms with Crippen LogP contribution in [0.15, 0.2) is 12.1 Å². The topological polar surface area (TPSA) is 70.2 Å². The van der Waals surface area contributed by atoms with Crippen LogP contribution in [0, 0.1) is 33.1 Å². The van der Waals surface area contributed by atoms with Gasteiger partial charge in [0.25, 0.3) is 5.69 Å². The molecule has 0 N–H and O–H groups in total. The van der Waals surface area contributed by atoms with Gasteiger partial charge in [-0.05, 0) is 18.9 Å². The van der Waals surface area contributed by atoms with Gasteiger partial charge in [0.2, 0.25) is 0 Å². The summed E-state index contributed by atoms with van der Waals surface area (Å²) in [6.07, 6.45) is 1.63. The zero-order valence-corrected chi connectivity index (χ0v) is 9.97. The third kappa shape index (κ3) is 2.62. The maximum Gasteiger partial charge on any atom is 0.295 e. The minimum atomic E-state index is -1.22. The number of nitrogens with zero attached hydrogens (tertiary/aromatic N) is 3. The average Bonchev–Trinajstić information content (AvgIpc) is 3.18. The van der Waals surface area contributed by atoms with Crippen LogP contribution < -0.4 is 4.90 Å². The molecule has 0 aliphatic heterocycles. The van der Waals surface area contributed by atoms with Crippen LogP contribution in [0.3, 0.4) is 0 Å². The fraction of sp³-hybridized carbons (Fsp3) is 0.417. The molecule has 0 radical (unpaired) electrons. The Morgan fingerprint density at radius 2 is 2.16 bits per heavy atom. The van der Waals surface area contributed by atoms with Gasteiger partial charge in [0, 0.05) is 18.7 Å². The lowest BCUT2D eigenvalue weighted by Gasteiger charge is -2.23. The fourth-order valence-corrected chi connectivity index (χ4v) is 1.98. The average molecular weight is 267 g/mol. The van der Waals surface area contributed by atoms with Crippen LogP contribution in [0.2, 0.25) is 0 Å². The summed E-state index contributed by atoms with van der Waals surface area (Å²) >= 11 is 0. The Hall–Kier alpha value is -2.23. The summed E-state index contributed by atoms with van der Waals surface area (Å²) in [6.45, 7) is 0.155. The number of halogens is 2. The lowest BCUT2D eigenvalue weighted by Crippen LogP contribution is -2.28. The first-order chi connectivity index (χ1) is 9.06. The Morgan fingerprint density at radius 1 is 1.47 bits per heavy atom. The van der Waals surface area contributed by atoms with Crippen molar-refractivity contribution in [3.05, 3.63) is 33.9 Å². The van der Waals surface area contributed by atoms with Gasteiger partial charge in [0.05, 0.1) is 17.4 Å². The van der Waals surface area contributed by atoms with Crippen molar-refractivity contribution in [2.45, 2.75) is 25.3 Å². The minimum Gasteiger partial charge on any atom is -0.359 e. The van der Waals surface area contributed by atoms with Gasteiger partial charge in [-0.1, -0.05) is 0 Å². The third-order valence-corrected chi connectivity index (χ3v) is 2.98. The van der Waals surface area contributed by atoms with Crippen molar-refractivity contribution in [2.75, 3.05) is 11.4 Å². The molecule has 1 aliphatic carbocycles. The number of rotatable bonds is 5. The molecule has 19 heavy (non-hydrogen) atoms. The molecule has 5 nitrogen and oxygen atoms in total.